The molecule has 0 aliphatic carbocycles. The first-order valence-electron chi connectivity index (χ1n) is 6.47. The van der Waals surface area contributed by atoms with Crippen LogP contribution in [0.25, 0.3) is 11.8 Å². The van der Waals surface area contributed by atoms with E-state index in [9.17, 15) is 4.79 Å². The Bertz CT molecular complexity index is 710. The van der Waals surface area contributed by atoms with E-state index in [-0.39, 0.29) is 5.78 Å². The molecule has 1 aromatic carbocycles. The number of rotatable bonds is 5. The van der Waals surface area contributed by atoms with Crippen molar-refractivity contribution in [2.75, 3.05) is 7.11 Å². The topological polar surface area (TPSA) is 57.0 Å². The molecular formula is C15H15Cl2N3O2. The van der Waals surface area contributed by atoms with Crippen LogP contribution < -0.4 is 0 Å². The summed E-state index contributed by atoms with van der Waals surface area (Å²) in [5.74, 6) is -0.244. The number of aromatic nitrogens is 3. The molecule has 2 aromatic rings. The van der Waals surface area contributed by atoms with Gasteiger partial charge in [-0.3, -0.25) is 4.79 Å². The third-order valence-corrected chi connectivity index (χ3v) is 3.77. The Balaban J connectivity index is 2.54. The minimum atomic E-state index is -1.00. The number of hydrogen-bond donors (Lipinski definition) is 0. The van der Waals surface area contributed by atoms with Gasteiger partial charge in [0.05, 0.1) is 0 Å². The Morgan fingerprint density at radius 3 is 2.64 bits per heavy atom. The summed E-state index contributed by atoms with van der Waals surface area (Å²) in [6.07, 6.45) is 4.43. The van der Waals surface area contributed by atoms with Crippen LogP contribution in [-0.4, -0.2) is 33.3 Å². The lowest BCUT2D eigenvalue weighted by molar-refractivity contribution is -0.131. The van der Waals surface area contributed by atoms with Crippen LogP contribution in [0.2, 0.25) is 10.0 Å². The molecule has 0 spiro atoms. The molecule has 1 aromatic heterocycles. The van der Waals surface area contributed by atoms with Crippen molar-refractivity contribution in [1.82, 2.24) is 14.8 Å². The van der Waals surface area contributed by atoms with Crippen molar-refractivity contribution in [1.29, 1.82) is 0 Å². The van der Waals surface area contributed by atoms with Crippen LogP contribution in [0.5, 0.6) is 0 Å². The van der Waals surface area contributed by atoms with Crippen LogP contribution in [0.4, 0.5) is 0 Å². The van der Waals surface area contributed by atoms with Crippen molar-refractivity contribution in [2.45, 2.75) is 19.4 Å². The van der Waals surface area contributed by atoms with Gasteiger partial charge in [-0.05, 0) is 37.6 Å². The van der Waals surface area contributed by atoms with Crippen LogP contribution in [0.15, 0.2) is 30.9 Å². The minimum Gasteiger partial charge on any atom is -0.371 e. The molecule has 1 heterocycles. The molecule has 0 saturated heterocycles. The number of carbonyl (C=O) groups excluding carboxylic acids is 1. The third kappa shape index (κ3) is 3.55. The molecule has 0 N–H and O–H groups in total. The number of ether oxygens (including phenoxy) is 1. The standard InChI is InChI=1S/C15H15Cl2N3O2/c1-15(2,22-3)14(21)13(20-9-18-8-19-20)6-10-4-5-11(16)7-12(10)17/h4-9H,1-3H3/b13-6-. The number of carbonyl (C=O) groups is 1. The first kappa shape index (κ1) is 16.7. The molecule has 0 bridgehead atoms. The summed E-state index contributed by atoms with van der Waals surface area (Å²) in [4.78, 5) is 16.6. The first-order valence-corrected chi connectivity index (χ1v) is 7.22. The highest BCUT2D eigenvalue weighted by atomic mass is 35.5. The van der Waals surface area contributed by atoms with Crippen molar-refractivity contribution in [3.63, 3.8) is 0 Å². The van der Waals surface area contributed by atoms with Crippen LogP contribution in [-0.2, 0) is 9.53 Å². The summed E-state index contributed by atoms with van der Waals surface area (Å²) < 4.78 is 6.64. The van der Waals surface area contributed by atoms with Crippen LogP contribution >= 0.6 is 23.2 Å². The minimum absolute atomic E-state index is 0.244. The second kappa shape index (κ2) is 6.60. The van der Waals surface area contributed by atoms with Gasteiger partial charge < -0.3 is 4.74 Å². The molecule has 7 heteroatoms. The Labute approximate surface area is 138 Å². The van der Waals surface area contributed by atoms with Gasteiger partial charge in [-0.15, -0.1) is 0 Å². The van der Waals surface area contributed by atoms with Crippen LogP contribution in [0.3, 0.4) is 0 Å². The lowest BCUT2D eigenvalue weighted by Gasteiger charge is -2.22. The molecular weight excluding hydrogens is 325 g/mol. The number of hydrogen-bond acceptors (Lipinski definition) is 4. The highest BCUT2D eigenvalue weighted by Gasteiger charge is 2.31. The first-order chi connectivity index (χ1) is 10.3. The van der Waals surface area contributed by atoms with E-state index < -0.39 is 5.60 Å². The van der Waals surface area contributed by atoms with Crippen LogP contribution in [0, 0.1) is 0 Å². The lowest BCUT2D eigenvalue weighted by Crippen LogP contribution is -2.35. The molecule has 0 saturated carbocycles. The second-order valence-corrected chi connectivity index (χ2v) is 5.92. The average Bonchev–Trinajstić information content (AvgIpc) is 3.00. The zero-order valence-electron chi connectivity index (χ0n) is 12.4. The van der Waals surface area contributed by atoms with Gasteiger partial charge in [0.15, 0.2) is 0 Å². The lowest BCUT2D eigenvalue weighted by atomic mass is 9.99. The van der Waals surface area contributed by atoms with Gasteiger partial charge >= 0.3 is 0 Å². The average molecular weight is 340 g/mol. The Morgan fingerprint density at radius 1 is 1.36 bits per heavy atom. The molecule has 5 nitrogen and oxygen atoms in total. The van der Waals surface area contributed by atoms with E-state index in [1.807, 2.05) is 0 Å². The number of nitrogens with zero attached hydrogens (tertiary/aromatic N) is 3. The summed E-state index contributed by atoms with van der Waals surface area (Å²) in [5.41, 5.74) is -0.0539. The molecule has 22 heavy (non-hydrogen) atoms. The van der Waals surface area contributed by atoms with Gasteiger partial charge in [-0.1, -0.05) is 29.3 Å². The van der Waals surface area contributed by atoms with E-state index in [0.717, 1.165) is 0 Å². The second-order valence-electron chi connectivity index (χ2n) is 5.08. The number of methoxy groups -OCH3 is 1. The predicted octanol–water partition coefficient (Wildman–Crippen LogP) is 3.58. The van der Waals surface area contributed by atoms with Crippen molar-refractivity contribution in [3.8, 4) is 0 Å². The molecule has 116 valence electrons. The highest BCUT2D eigenvalue weighted by molar-refractivity contribution is 6.36. The fourth-order valence-electron chi connectivity index (χ4n) is 1.74. The SMILES string of the molecule is COC(C)(C)C(=O)/C(=C/c1ccc(Cl)cc1Cl)n1cncn1. The van der Waals surface area contributed by atoms with Gasteiger partial charge in [0.1, 0.15) is 24.0 Å². The maximum atomic E-state index is 12.7. The summed E-state index contributed by atoms with van der Waals surface area (Å²) in [5, 5.41) is 4.98. The van der Waals surface area contributed by atoms with Crippen molar-refractivity contribution in [3.05, 3.63) is 46.5 Å². The van der Waals surface area contributed by atoms with Gasteiger partial charge in [0.25, 0.3) is 0 Å². The van der Waals surface area contributed by atoms with E-state index >= 15 is 0 Å². The number of Topliss-reactive ketones (excluding diaryl/α,β-unsaturated/α-hetero) is 1. The molecule has 0 aliphatic heterocycles. The monoisotopic (exact) mass is 339 g/mol. The largest absolute Gasteiger partial charge is 0.371 e. The van der Waals surface area contributed by atoms with Gasteiger partial charge in [0, 0.05) is 17.2 Å². The number of ketones is 1. The predicted molar refractivity (Wildman–Crippen MR) is 86.7 cm³/mol. The molecule has 0 radical (unpaired) electrons. The molecule has 0 fully saturated rings. The summed E-state index contributed by atoms with van der Waals surface area (Å²) in [7, 11) is 1.48. The van der Waals surface area contributed by atoms with Crippen LogP contribution in [0.1, 0.15) is 19.4 Å². The third-order valence-electron chi connectivity index (χ3n) is 3.21. The smallest absolute Gasteiger partial charge is 0.212 e. The normalized spacial score (nSPS) is 12.5. The zero-order chi connectivity index (χ0) is 16.3. The number of benzene rings is 1. The van der Waals surface area contributed by atoms with E-state index in [0.29, 0.717) is 21.3 Å². The Hall–Kier alpha value is -1.69. The van der Waals surface area contributed by atoms with E-state index in [4.69, 9.17) is 27.9 Å². The van der Waals surface area contributed by atoms with E-state index in [1.165, 1.54) is 24.4 Å². The summed E-state index contributed by atoms with van der Waals surface area (Å²) in [6, 6.07) is 5.04. The maximum Gasteiger partial charge on any atom is 0.212 e. The Kier molecular flexibility index (Phi) is 5.01. The maximum absolute atomic E-state index is 12.7. The summed E-state index contributed by atoms with van der Waals surface area (Å²) in [6.45, 7) is 3.37. The van der Waals surface area contributed by atoms with Gasteiger partial charge in [-0.2, -0.15) is 5.10 Å². The molecule has 0 aliphatic rings. The van der Waals surface area contributed by atoms with E-state index in [2.05, 4.69) is 10.1 Å². The molecule has 2 rings (SSSR count). The van der Waals surface area contributed by atoms with Gasteiger partial charge in [0.2, 0.25) is 5.78 Å². The van der Waals surface area contributed by atoms with E-state index in [1.54, 1.807) is 38.1 Å². The van der Waals surface area contributed by atoms with Crippen molar-refractivity contribution in [2.24, 2.45) is 0 Å². The fraction of sp³-hybridized carbons (Fsp3) is 0.267. The highest BCUT2D eigenvalue weighted by Crippen LogP contribution is 2.26. The summed E-state index contributed by atoms with van der Waals surface area (Å²) >= 11 is 12.1. The zero-order valence-corrected chi connectivity index (χ0v) is 13.9. The number of halogens is 2. The quantitative estimate of drug-likeness (QED) is 0.781. The fourth-order valence-corrected chi connectivity index (χ4v) is 2.20. The van der Waals surface area contributed by atoms with Crippen molar-refractivity contribution < 1.29 is 9.53 Å². The van der Waals surface area contributed by atoms with Crippen molar-refractivity contribution >= 4 is 40.8 Å². The Morgan fingerprint density at radius 2 is 2.09 bits per heavy atom. The van der Waals surface area contributed by atoms with Gasteiger partial charge in [-0.25, -0.2) is 9.67 Å². The molecule has 0 atom stereocenters. The molecule has 0 unspecified atom stereocenters. The molecule has 0 amide bonds.